The molecular weight excluding hydrogens is 244 g/mol. The van der Waals surface area contributed by atoms with E-state index in [-0.39, 0.29) is 23.4 Å². The van der Waals surface area contributed by atoms with Crippen molar-refractivity contribution in [3.63, 3.8) is 0 Å². The van der Waals surface area contributed by atoms with E-state index in [4.69, 9.17) is 10.8 Å². The molecule has 4 N–H and O–H groups in total. The third kappa shape index (κ3) is 2.93. The van der Waals surface area contributed by atoms with Gasteiger partial charge >= 0.3 is 5.97 Å². The number of aromatic carboxylic acids is 1. The molecule has 1 fully saturated rings. The largest absolute Gasteiger partial charge is 0.478 e. The van der Waals surface area contributed by atoms with Gasteiger partial charge in [0.2, 0.25) is 5.91 Å². The van der Waals surface area contributed by atoms with E-state index in [2.05, 4.69) is 5.32 Å². The van der Waals surface area contributed by atoms with Gasteiger partial charge in [0, 0.05) is 11.7 Å². The molecule has 2 rings (SSSR count). The zero-order chi connectivity index (χ0) is 14.0. The molecule has 19 heavy (non-hydrogen) atoms. The van der Waals surface area contributed by atoms with Crippen molar-refractivity contribution in [2.45, 2.75) is 32.2 Å². The Morgan fingerprint density at radius 2 is 2.11 bits per heavy atom. The fraction of sp³-hybridized carbons (Fsp3) is 0.429. The smallest absolute Gasteiger partial charge is 0.335 e. The first-order valence-electron chi connectivity index (χ1n) is 6.39. The summed E-state index contributed by atoms with van der Waals surface area (Å²) >= 11 is 0. The summed E-state index contributed by atoms with van der Waals surface area (Å²) in [5, 5.41) is 11.7. The number of nitrogens with two attached hydrogens (primary N) is 1. The quantitative estimate of drug-likeness (QED) is 0.773. The highest BCUT2D eigenvalue weighted by molar-refractivity contribution is 5.95. The fourth-order valence-electron chi connectivity index (χ4n) is 2.48. The van der Waals surface area contributed by atoms with Crippen LogP contribution in [-0.2, 0) is 4.79 Å². The molecule has 0 aliphatic heterocycles. The number of amides is 1. The Labute approximate surface area is 111 Å². The molecule has 5 heteroatoms. The number of carbonyl (C=O) groups is 2. The van der Waals surface area contributed by atoms with Gasteiger partial charge in [-0.3, -0.25) is 4.79 Å². The van der Waals surface area contributed by atoms with Crippen molar-refractivity contribution in [1.29, 1.82) is 0 Å². The van der Waals surface area contributed by atoms with Gasteiger partial charge in [-0.15, -0.1) is 0 Å². The third-order valence-electron chi connectivity index (χ3n) is 3.64. The van der Waals surface area contributed by atoms with Crippen molar-refractivity contribution >= 4 is 17.6 Å². The number of hydrogen-bond acceptors (Lipinski definition) is 3. The summed E-state index contributed by atoms with van der Waals surface area (Å²) in [5.74, 6) is -1.19. The highest BCUT2D eigenvalue weighted by atomic mass is 16.4. The second-order valence-corrected chi connectivity index (χ2v) is 5.03. The van der Waals surface area contributed by atoms with Crippen LogP contribution in [0, 0.1) is 12.8 Å². The fourth-order valence-corrected chi connectivity index (χ4v) is 2.48. The Morgan fingerprint density at radius 3 is 2.63 bits per heavy atom. The molecule has 1 aromatic carbocycles. The summed E-state index contributed by atoms with van der Waals surface area (Å²) in [5.41, 5.74) is 7.50. The molecule has 0 aromatic heterocycles. The first kappa shape index (κ1) is 13.5. The lowest BCUT2D eigenvalue weighted by atomic mass is 10.0. The second-order valence-electron chi connectivity index (χ2n) is 5.03. The zero-order valence-corrected chi connectivity index (χ0v) is 10.8. The monoisotopic (exact) mass is 262 g/mol. The second kappa shape index (κ2) is 5.40. The average Bonchev–Trinajstić information content (AvgIpc) is 2.77. The zero-order valence-electron chi connectivity index (χ0n) is 10.8. The molecule has 1 saturated carbocycles. The van der Waals surface area contributed by atoms with Crippen molar-refractivity contribution < 1.29 is 14.7 Å². The molecule has 1 aliphatic carbocycles. The summed E-state index contributed by atoms with van der Waals surface area (Å²) in [4.78, 5) is 22.9. The summed E-state index contributed by atoms with van der Waals surface area (Å²) in [6.07, 6.45) is 2.68. The van der Waals surface area contributed by atoms with Crippen LogP contribution in [0.15, 0.2) is 18.2 Å². The standard InChI is InChI=1S/C14H18N2O3/c1-8-7-9(14(18)19)5-6-12(8)16-13(17)10-3-2-4-11(10)15/h5-7,10-11H,2-4,15H2,1H3,(H,16,17)(H,18,19). The molecule has 2 unspecified atom stereocenters. The van der Waals surface area contributed by atoms with Gasteiger partial charge in [0.1, 0.15) is 0 Å². The van der Waals surface area contributed by atoms with Crippen LogP contribution >= 0.6 is 0 Å². The molecule has 102 valence electrons. The van der Waals surface area contributed by atoms with E-state index in [1.54, 1.807) is 19.1 Å². The number of rotatable bonds is 3. The molecule has 0 heterocycles. The van der Waals surface area contributed by atoms with Gasteiger partial charge < -0.3 is 16.2 Å². The molecule has 0 saturated heterocycles. The Hall–Kier alpha value is -1.88. The Kier molecular flexibility index (Phi) is 3.85. The van der Waals surface area contributed by atoms with E-state index >= 15 is 0 Å². The van der Waals surface area contributed by atoms with Gasteiger partial charge in [0.15, 0.2) is 0 Å². The van der Waals surface area contributed by atoms with Crippen molar-refractivity contribution in [2.75, 3.05) is 5.32 Å². The first-order valence-corrected chi connectivity index (χ1v) is 6.39. The van der Waals surface area contributed by atoms with Gasteiger partial charge in [0.05, 0.1) is 11.5 Å². The molecule has 0 spiro atoms. The van der Waals surface area contributed by atoms with E-state index in [0.29, 0.717) is 5.69 Å². The van der Waals surface area contributed by atoms with E-state index in [1.807, 2.05) is 0 Å². The molecule has 0 bridgehead atoms. The molecule has 0 radical (unpaired) electrons. The molecule has 5 nitrogen and oxygen atoms in total. The number of nitrogens with one attached hydrogen (secondary N) is 1. The number of benzene rings is 1. The van der Waals surface area contributed by atoms with Gasteiger partial charge in [-0.05, 0) is 43.5 Å². The number of hydrogen-bond donors (Lipinski definition) is 3. The average molecular weight is 262 g/mol. The molecular formula is C14H18N2O3. The first-order chi connectivity index (χ1) is 8.99. The van der Waals surface area contributed by atoms with E-state index in [1.165, 1.54) is 6.07 Å². The summed E-state index contributed by atoms with van der Waals surface area (Å²) in [7, 11) is 0. The molecule has 1 amide bonds. The SMILES string of the molecule is Cc1cc(C(=O)O)ccc1NC(=O)C1CCCC1N. The maximum atomic E-state index is 12.1. The van der Waals surface area contributed by atoms with Crippen LogP contribution in [0.1, 0.15) is 35.2 Å². The Balaban J connectivity index is 2.11. The number of carboxylic acid groups (broad SMARTS) is 1. The van der Waals surface area contributed by atoms with Crippen LogP contribution in [-0.4, -0.2) is 23.0 Å². The van der Waals surface area contributed by atoms with Crippen molar-refractivity contribution in [3.05, 3.63) is 29.3 Å². The lowest BCUT2D eigenvalue weighted by molar-refractivity contribution is -0.120. The summed E-state index contributed by atoms with van der Waals surface area (Å²) in [6, 6.07) is 4.59. The predicted octanol–water partition coefficient (Wildman–Crippen LogP) is 1.76. The van der Waals surface area contributed by atoms with E-state index in [9.17, 15) is 9.59 Å². The minimum Gasteiger partial charge on any atom is -0.478 e. The highest BCUT2D eigenvalue weighted by Crippen LogP contribution is 2.26. The molecule has 1 aromatic rings. The number of anilines is 1. The van der Waals surface area contributed by atoms with Crippen LogP contribution < -0.4 is 11.1 Å². The van der Waals surface area contributed by atoms with Crippen molar-refractivity contribution in [2.24, 2.45) is 11.7 Å². The number of carboxylic acids is 1. The van der Waals surface area contributed by atoms with Crippen LogP contribution in [0.3, 0.4) is 0 Å². The Morgan fingerprint density at radius 1 is 1.37 bits per heavy atom. The van der Waals surface area contributed by atoms with Crippen LogP contribution in [0.25, 0.3) is 0 Å². The van der Waals surface area contributed by atoms with Crippen molar-refractivity contribution in [3.8, 4) is 0 Å². The molecule has 1 aliphatic rings. The van der Waals surface area contributed by atoms with E-state index < -0.39 is 5.97 Å². The number of carbonyl (C=O) groups excluding carboxylic acids is 1. The van der Waals surface area contributed by atoms with Crippen LogP contribution in [0.5, 0.6) is 0 Å². The van der Waals surface area contributed by atoms with Gasteiger partial charge in [-0.2, -0.15) is 0 Å². The lowest BCUT2D eigenvalue weighted by Gasteiger charge is -2.16. The molecule has 2 atom stereocenters. The summed E-state index contributed by atoms with van der Waals surface area (Å²) in [6.45, 7) is 1.77. The van der Waals surface area contributed by atoms with Gasteiger partial charge in [-0.25, -0.2) is 4.79 Å². The Bertz CT molecular complexity index is 513. The maximum Gasteiger partial charge on any atom is 0.335 e. The lowest BCUT2D eigenvalue weighted by Crippen LogP contribution is -2.34. The van der Waals surface area contributed by atoms with Gasteiger partial charge in [0.25, 0.3) is 0 Å². The minimum atomic E-state index is -0.973. The normalized spacial score (nSPS) is 22.2. The minimum absolute atomic E-state index is 0.0707. The maximum absolute atomic E-state index is 12.1. The van der Waals surface area contributed by atoms with Gasteiger partial charge in [-0.1, -0.05) is 6.42 Å². The van der Waals surface area contributed by atoms with E-state index in [0.717, 1.165) is 24.8 Å². The van der Waals surface area contributed by atoms with Crippen LogP contribution in [0.2, 0.25) is 0 Å². The predicted molar refractivity (Wildman–Crippen MR) is 72.1 cm³/mol. The summed E-state index contributed by atoms with van der Waals surface area (Å²) < 4.78 is 0. The topological polar surface area (TPSA) is 92.4 Å². The third-order valence-corrected chi connectivity index (χ3v) is 3.64. The van der Waals surface area contributed by atoms with Crippen LogP contribution in [0.4, 0.5) is 5.69 Å². The number of aryl methyl sites for hydroxylation is 1. The highest BCUT2D eigenvalue weighted by Gasteiger charge is 2.30. The van der Waals surface area contributed by atoms with Crippen molar-refractivity contribution in [1.82, 2.24) is 0 Å².